The number of aliphatic carboxylic acids is 2. The van der Waals surface area contributed by atoms with Crippen molar-refractivity contribution in [3.8, 4) is 0 Å². The van der Waals surface area contributed by atoms with Gasteiger partial charge in [-0.1, -0.05) is 60.7 Å². The first kappa shape index (κ1) is 26.4. The van der Waals surface area contributed by atoms with Gasteiger partial charge in [0.05, 0.1) is 12.8 Å². The zero-order valence-corrected chi connectivity index (χ0v) is 18.0. The van der Waals surface area contributed by atoms with Gasteiger partial charge < -0.3 is 20.8 Å². The summed E-state index contributed by atoms with van der Waals surface area (Å²) in [5, 5.41) is 22.1. The Hall–Kier alpha value is -3.68. The standard InChI is InChI=1S/2C12H15NO3/c2*14-11(6-7-12(15)16)13-9-8-10-4-2-1-3-5-10/h2*1-5H,6-9H2,(H,13,14)(H,15,16). The lowest BCUT2D eigenvalue weighted by Gasteiger charge is -2.04. The summed E-state index contributed by atoms with van der Waals surface area (Å²) in [6, 6.07) is 19.6. The Kier molecular flexibility index (Phi) is 13.2. The van der Waals surface area contributed by atoms with Crippen LogP contribution in [0, 0.1) is 0 Å². The third-order valence-corrected chi connectivity index (χ3v) is 4.29. The van der Waals surface area contributed by atoms with Crippen LogP contribution >= 0.6 is 0 Å². The smallest absolute Gasteiger partial charge is 0.303 e. The van der Waals surface area contributed by atoms with E-state index in [1.54, 1.807) is 0 Å². The molecule has 0 fully saturated rings. The SMILES string of the molecule is O=C(O)CCC(=O)NCCc1ccccc1.O=C(O)CCC(=O)NCCc1ccccc1. The van der Waals surface area contributed by atoms with E-state index in [1.165, 1.54) is 0 Å². The van der Waals surface area contributed by atoms with Crippen LogP contribution < -0.4 is 10.6 Å². The molecule has 0 saturated carbocycles. The molecule has 0 aromatic heterocycles. The largest absolute Gasteiger partial charge is 0.481 e. The first-order valence-electron chi connectivity index (χ1n) is 10.4. The third-order valence-electron chi connectivity index (χ3n) is 4.29. The second-order valence-electron chi connectivity index (χ2n) is 6.96. The Balaban J connectivity index is 0.000000320. The van der Waals surface area contributed by atoms with Gasteiger partial charge in [-0.05, 0) is 24.0 Å². The molecule has 4 N–H and O–H groups in total. The van der Waals surface area contributed by atoms with Crippen LogP contribution in [-0.4, -0.2) is 47.1 Å². The van der Waals surface area contributed by atoms with E-state index in [-0.39, 0.29) is 37.5 Å². The fourth-order valence-corrected chi connectivity index (χ4v) is 2.60. The Morgan fingerprint density at radius 1 is 0.562 bits per heavy atom. The van der Waals surface area contributed by atoms with E-state index in [4.69, 9.17) is 10.2 Å². The molecule has 2 amide bonds. The summed E-state index contributed by atoms with van der Waals surface area (Å²) in [5.74, 6) is -2.31. The molecule has 8 heteroatoms. The highest BCUT2D eigenvalue weighted by Gasteiger charge is 2.05. The molecule has 0 spiro atoms. The van der Waals surface area contributed by atoms with Crippen molar-refractivity contribution in [1.82, 2.24) is 10.6 Å². The van der Waals surface area contributed by atoms with Gasteiger partial charge in [0, 0.05) is 25.9 Å². The molecule has 32 heavy (non-hydrogen) atoms. The van der Waals surface area contributed by atoms with Crippen LogP contribution in [-0.2, 0) is 32.0 Å². The summed E-state index contributed by atoms with van der Waals surface area (Å²) in [6.07, 6.45) is 1.39. The highest BCUT2D eigenvalue weighted by atomic mass is 16.4. The van der Waals surface area contributed by atoms with E-state index >= 15 is 0 Å². The van der Waals surface area contributed by atoms with E-state index in [1.807, 2.05) is 60.7 Å². The molecule has 0 aliphatic carbocycles. The van der Waals surface area contributed by atoms with Crippen molar-refractivity contribution in [2.45, 2.75) is 38.5 Å². The average molecular weight is 443 g/mol. The molecule has 0 radical (unpaired) electrons. The fraction of sp³-hybridized carbons (Fsp3) is 0.333. The Bertz CT molecular complexity index is 769. The predicted molar refractivity (Wildman–Crippen MR) is 120 cm³/mol. The first-order chi connectivity index (χ1) is 15.4. The molecule has 2 aromatic rings. The van der Waals surface area contributed by atoms with Crippen LogP contribution in [0.1, 0.15) is 36.8 Å². The van der Waals surface area contributed by atoms with Crippen LogP contribution in [0.25, 0.3) is 0 Å². The second-order valence-corrected chi connectivity index (χ2v) is 6.96. The maximum atomic E-state index is 11.2. The number of carbonyl (C=O) groups is 4. The molecule has 8 nitrogen and oxygen atoms in total. The molecule has 0 aliphatic rings. The Morgan fingerprint density at radius 3 is 1.22 bits per heavy atom. The quantitative estimate of drug-likeness (QED) is 0.399. The van der Waals surface area contributed by atoms with Crippen molar-refractivity contribution >= 4 is 23.8 Å². The van der Waals surface area contributed by atoms with Gasteiger partial charge in [-0.15, -0.1) is 0 Å². The number of carbonyl (C=O) groups excluding carboxylic acids is 2. The summed E-state index contributed by atoms with van der Waals surface area (Å²) in [4.78, 5) is 42.8. The number of amides is 2. The minimum Gasteiger partial charge on any atom is -0.481 e. The highest BCUT2D eigenvalue weighted by Crippen LogP contribution is 1.99. The van der Waals surface area contributed by atoms with Gasteiger partial charge in [0.2, 0.25) is 11.8 Å². The molecule has 172 valence electrons. The van der Waals surface area contributed by atoms with Gasteiger partial charge in [0.15, 0.2) is 0 Å². The fourth-order valence-electron chi connectivity index (χ4n) is 2.60. The van der Waals surface area contributed by atoms with Crippen LogP contribution in [0.3, 0.4) is 0 Å². The maximum absolute atomic E-state index is 11.2. The molecule has 2 aromatic carbocycles. The van der Waals surface area contributed by atoms with Crippen LogP contribution in [0.4, 0.5) is 0 Å². The van der Waals surface area contributed by atoms with Crippen molar-refractivity contribution in [3.05, 3.63) is 71.8 Å². The summed E-state index contributed by atoms with van der Waals surface area (Å²) in [5.41, 5.74) is 2.31. The summed E-state index contributed by atoms with van der Waals surface area (Å²) in [7, 11) is 0. The van der Waals surface area contributed by atoms with Crippen LogP contribution in [0.2, 0.25) is 0 Å². The zero-order chi connectivity index (χ0) is 23.6. The number of nitrogens with one attached hydrogen (secondary N) is 2. The number of hydrogen-bond acceptors (Lipinski definition) is 4. The topological polar surface area (TPSA) is 133 Å². The first-order valence-corrected chi connectivity index (χ1v) is 10.4. The molecule has 0 atom stereocenters. The minimum absolute atomic E-state index is 0.0458. The molecule has 0 saturated heterocycles. The molecule has 0 unspecified atom stereocenters. The molecule has 0 heterocycles. The monoisotopic (exact) mass is 442 g/mol. The minimum atomic E-state index is -0.946. The van der Waals surface area contributed by atoms with Crippen molar-refractivity contribution in [2.75, 3.05) is 13.1 Å². The maximum Gasteiger partial charge on any atom is 0.303 e. The number of rotatable bonds is 12. The number of hydrogen-bond donors (Lipinski definition) is 4. The van der Waals surface area contributed by atoms with Crippen LogP contribution in [0.15, 0.2) is 60.7 Å². The van der Waals surface area contributed by atoms with Crippen molar-refractivity contribution in [1.29, 1.82) is 0 Å². The van der Waals surface area contributed by atoms with Crippen LogP contribution in [0.5, 0.6) is 0 Å². The highest BCUT2D eigenvalue weighted by molar-refractivity contribution is 5.81. The molecule has 0 aliphatic heterocycles. The Morgan fingerprint density at radius 2 is 0.906 bits per heavy atom. The van der Waals surface area contributed by atoms with Gasteiger partial charge in [-0.2, -0.15) is 0 Å². The van der Waals surface area contributed by atoms with Gasteiger partial charge in [0.1, 0.15) is 0 Å². The van der Waals surface area contributed by atoms with Crippen molar-refractivity contribution in [3.63, 3.8) is 0 Å². The molecule has 2 rings (SSSR count). The van der Waals surface area contributed by atoms with E-state index in [0.29, 0.717) is 13.1 Å². The van der Waals surface area contributed by atoms with Crippen molar-refractivity contribution in [2.24, 2.45) is 0 Å². The number of benzene rings is 2. The van der Waals surface area contributed by atoms with Crippen molar-refractivity contribution < 1.29 is 29.4 Å². The lowest BCUT2D eigenvalue weighted by atomic mass is 10.1. The predicted octanol–water partition coefficient (Wildman–Crippen LogP) is 2.42. The van der Waals surface area contributed by atoms with Gasteiger partial charge in [-0.25, -0.2) is 0 Å². The van der Waals surface area contributed by atoms with Gasteiger partial charge >= 0.3 is 11.9 Å². The molecular formula is C24H30N2O6. The zero-order valence-electron chi connectivity index (χ0n) is 18.0. The van der Waals surface area contributed by atoms with E-state index in [2.05, 4.69) is 10.6 Å². The number of carboxylic acids is 2. The normalized spacial score (nSPS) is 9.75. The van der Waals surface area contributed by atoms with Gasteiger partial charge in [-0.3, -0.25) is 19.2 Å². The van der Waals surface area contributed by atoms with Gasteiger partial charge in [0.25, 0.3) is 0 Å². The third kappa shape index (κ3) is 14.3. The Labute approximate surface area is 187 Å². The number of carboxylic acid groups (broad SMARTS) is 2. The van der Waals surface area contributed by atoms with E-state index in [9.17, 15) is 19.2 Å². The summed E-state index contributed by atoms with van der Waals surface area (Å²) < 4.78 is 0. The lowest BCUT2D eigenvalue weighted by Crippen LogP contribution is -2.25. The summed E-state index contributed by atoms with van der Waals surface area (Å²) >= 11 is 0. The summed E-state index contributed by atoms with van der Waals surface area (Å²) in [6.45, 7) is 1.09. The molecule has 0 bridgehead atoms. The molecular weight excluding hydrogens is 412 g/mol. The lowest BCUT2D eigenvalue weighted by molar-refractivity contribution is -0.139. The average Bonchev–Trinajstić information content (AvgIpc) is 2.78. The van der Waals surface area contributed by atoms with E-state index in [0.717, 1.165) is 24.0 Å². The van der Waals surface area contributed by atoms with E-state index < -0.39 is 11.9 Å². The second kappa shape index (κ2) is 16.1.